The number of aromatic amines is 1. The average Bonchev–Trinajstić information content (AvgIpc) is 3.18. The van der Waals surface area contributed by atoms with Gasteiger partial charge in [0.2, 0.25) is 5.91 Å². The zero-order valence-electron chi connectivity index (χ0n) is 14.9. The van der Waals surface area contributed by atoms with Gasteiger partial charge in [-0.1, -0.05) is 12.1 Å². The summed E-state index contributed by atoms with van der Waals surface area (Å²) in [6.07, 6.45) is 9.48. The molecule has 0 aliphatic carbocycles. The van der Waals surface area contributed by atoms with Gasteiger partial charge in [-0.05, 0) is 61.3 Å². The van der Waals surface area contributed by atoms with Gasteiger partial charge in [-0.25, -0.2) is 0 Å². The second-order valence-corrected chi connectivity index (χ2v) is 6.84. The van der Waals surface area contributed by atoms with Gasteiger partial charge in [0.25, 0.3) is 0 Å². The minimum absolute atomic E-state index is 0.271. The van der Waals surface area contributed by atoms with E-state index in [0.717, 1.165) is 50.1 Å². The van der Waals surface area contributed by atoms with Gasteiger partial charge >= 0.3 is 0 Å². The molecule has 134 valence electrons. The van der Waals surface area contributed by atoms with Crippen molar-refractivity contribution in [2.24, 2.45) is 5.92 Å². The number of ether oxygens (including phenoxy) is 1. The SMILES string of the molecule is COc1cccc(CC[C@@H]2CCCN(C(=O)CCc3cn[nH]c3)C2)c1. The Bertz CT molecular complexity index is 669. The maximum absolute atomic E-state index is 12.5. The van der Waals surface area contributed by atoms with Crippen LogP contribution in [0.4, 0.5) is 0 Å². The first-order chi connectivity index (χ1) is 12.2. The summed E-state index contributed by atoms with van der Waals surface area (Å²) in [7, 11) is 1.70. The quantitative estimate of drug-likeness (QED) is 0.841. The molecule has 3 rings (SSSR count). The molecule has 1 aromatic carbocycles. The van der Waals surface area contributed by atoms with E-state index in [0.29, 0.717) is 12.3 Å². The fourth-order valence-corrected chi connectivity index (χ4v) is 3.55. The van der Waals surface area contributed by atoms with E-state index in [1.807, 2.05) is 18.3 Å². The number of rotatable bonds is 7. The minimum Gasteiger partial charge on any atom is -0.497 e. The van der Waals surface area contributed by atoms with E-state index < -0.39 is 0 Å². The first-order valence-electron chi connectivity index (χ1n) is 9.13. The highest BCUT2D eigenvalue weighted by molar-refractivity contribution is 5.76. The molecule has 0 radical (unpaired) electrons. The number of carbonyl (C=O) groups excluding carboxylic acids is 1. The molecule has 1 aliphatic rings. The van der Waals surface area contributed by atoms with Gasteiger partial charge in [-0.2, -0.15) is 5.10 Å². The molecule has 1 N–H and O–H groups in total. The number of hydrogen-bond donors (Lipinski definition) is 1. The Morgan fingerprint density at radius 2 is 2.28 bits per heavy atom. The van der Waals surface area contributed by atoms with Crippen molar-refractivity contribution < 1.29 is 9.53 Å². The van der Waals surface area contributed by atoms with Gasteiger partial charge < -0.3 is 9.64 Å². The molecule has 1 amide bonds. The maximum Gasteiger partial charge on any atom is 0.222 e. The predicted molar refractivity (Wildman–Crippen MR) is 97.5 cm³/mol. The summed E-state index contributed by atoms with van der Waals surface area (Å²) in [4.78, 5) is 14.5. The number of amides is 1. The van der Waals surface area contributed by atoms with Crippen LogP contribution in [0, 0.1) is 5.92 Å². The molecule has 0 unspecified atom stereocenters. The Morgan fingerprint density at radius 3 is 3.08 bits per heavy atom. The van der Waals surface area contributed by atoms with Gasteiger partial charge in [0.1, 0.15) is 5.75 Å². The Kier molecular flexibility index (Phi) is 6.09. The van der Waals surface area contributed by atoms with Crippen LogP contribution >= 0.6 is 0 Å². The van der Waals surface area contributed by atoms with Gasteiger partial charge in [-0.3, -0.25) is 9.89 Å². The third-order valence-electron chi connectivity index (χ3n) is 5.03. The molecular formula is C20H27N3O2. The van der Waals surface area contributed by atoms with Crippen molar-refractivity contribution in [3.05, 3.63) is 47.8 Å². The monoisotopic (exact) mass is 341 g/mol. The fourth-order valence-electron chi connectivity index (χ4n) is 3.55. The third kappa shape index (κ3) is 5.08. The van der Waals surface area contributed by atoms with Crippen LogP contribution in [0.2, 0.25) is 0 Å². The van der Waals surface area contributed by atoms with Crippen LogP contribution in [0.3, 0.4) is 0 Å². The van der Waals surface area contributed by atoms with Crippen LogP contribution in [0.25, 0.3) is 0 Å². The molecule has 0 saturated carbocycles. The van der Waals surface area contributed by atoms with Crippen LogP contribution < -0.4 is 4.74 Å². The lowest BCUT2D eigenvalue weighted by atomic mass is 9.91. The Balaban J connectivity index is 1.46. The average molecular weight is 341 g/mol. The summed E-state index contributed by atoms with van der Waals surface area (Å²) in [5, 5.41) is 6.73. The smallest absolute Gasteiger partial charge is 0.222 e. The van der Waals surface area contributed by atoms with Gasteiger partial charge in [0.05, 0.1) is 13.3 Å². The largest absolute Gasteiger partial charge is 0.497 e. The Morgan fingerprint density at radius 1 is 1.36 bits per heavy atom. The lowest BCUT2D eigenvalue weighted by Gasteiger charge is -2.33. The molecule has 2 aromatic rings. The van der Waals surface area contributed by atoms with Crippen molar-refractivity contribution in [3.63, 3.8) is 0 Å². The summed E-state index contributed by atoms with van der Waals surface area (Å²) >= 11 is 0. The van der Waals surface area contributed by atoms with Crippen molar-refractivity contribution in [1.82, 2.24) is 15.1 Å². The highest BCUT2D eigenvalue weighted by atomic mass is 16.5. The number of methoxy groups -OCH3 is 1. The molecule has 5 heteroatoms. The van der Waals surface area contributed by atoms with Crippen LogP contribution in [0.1, 0.15) is 36.8 Å². The number of aromatic nitrogens is 2. The molecule has 1 saturated heterocycles. The summed E-state index contributed by atoms with van der Waals surface area (Å²) in [6.45, 7) is 1.80. The number of nitrogens with zero attached hydrogens (tertiary/aromatic N) is 2. The number of hydrogen-bond acceptors (Lipinski definition) is 3. The summed E-state index contributed by atoms with van der Waals surface area (Å²) in [5.74, 6) is 1.78. The lowest BCUT2D eigenvalue weighted by molar-refractivity contribution is -0.133. The molecule has 0 spiro atoms. The second-order valence-electron chi connectivity index (χ2n) is 6.84. The van der Waals surface area contributed by atoms with Crippen molar-refractivity contribution in [2.45, 2.75) is 38.5 Å². The molecule has 1 atom stereocenters. The molecular weight excluding hydrogens is 314 g/mol. The number of benzene rings is 1. The highest BCUT2D eigenvalue weighted by Gasteiger charge is 2.23. The van der Waals surface area contributed by atoms with E-state index in [2.05, 4.69) is 27.2 Å². The van der Waals surface area contributed by atoms with Crippen molar-refractivity contribution >= 4 is 5.91 Å². The molecule has 1 fully saturated rings. The minimum atomic E-state index is 0.271. The van der Waals surface area contributed by atoms with E-state index in [1.165, 1.54) is 12.0 Å². The first kappa shape index (κ1) is 17.5. The standard InChI is InChI=1S/C20H27N3O2/c1-25-19-6-2-4-16(12-19)7-8-17-5-3-11-23(15-17)20(24)10-9-18-13-21-22-14-18/h2,4,6,12-14,17H,3,5,7-11,15H2,1H3,(H,21,22)/t17-/m0/s1. The van der Waals surface area contributed by atoms with Crippen molar-refractivity contribution in [1.29, 1.82) is 0 Å². The van der Waals surface area contributed by atoms with Gasteiger partial charge in [0.15, 0.2) is 0 Å². The fraction of sp³-hybridized carbons (Fsp3) is 0.500. The first-order valence-corrected chi connectivity index (χ1v) is 9.13. The number of likely N-dealkylation sites (tertiary alicyclic amines) is 1. The number of aryl methyl sites for hydroxylation is 2. The van der Waals surface area contributed by atoms with E-state index in [4.69, 9.17) is 4.74 Å². The highest BCUT2D eigenvalue weighted by Crippen LogP contribution is 2.23. The van der Waals surface area contributed by atoms with Crippen molar-refractivity contribution in [2.75, 3.05) is 20.2 Å². The van der Waals surface area contributed by atoms with Crippen LogP contribution in [-0.2, 0) is 17.6 Å². The normalized spacial score (nSPS) is 17.5. The summed E-state index contributed by atoms with van der Waals surface area (Å²) < 4.78 is 5.29. The second kappa shape index (κ2) is 8.70. The Hall–Kier alpha value is -2.30. The summed E-state index contributed by atoms with van der Waals surface area (Å²) in [5.41, 5.74) is 2.41. The van der Waals surface area contributed by atoms with Crippen LogP contribution in [0.5, 0.6) is 5.75 Å². The van der Waals surface area contributed by atoms with Crippen LogP contribution in [-0.4, -0.2) is 41.2 Å². The molecule has 0 bridgehead atoms. The molecule has 25 heavy (non-hydrogen) atoms. The summed E-state index contributed by atoms with van der Waals surface area (Å²) in [6, 6.07) is 8.28. The lowest BCUT2D eigenvalue weighted by Crippen LogP contribution is -2.40. The molecule has 5 nitrogen and oxygen atoms in total. The third-order valence-corrected chi connectivity index (χ3v) is 5.03. The van der Waals surface area contributed by atoms with Crippen LogP contribution in [0.15, 0.2) is 36.7 Å². The maximum atomic E-state index is 12.5. The Labute approximate surface area is 149 Å². The number of piperidine rings is 1. The van der Waals surface area contributed by atoms with Gasteiger partial charge in [0, 0.05) is 25.7 Å². The molecule has 1 aliphatic heterocycles. The van der Waals surface area contributed by atoms with E-state index in [9.17, 15) is 4.79 Å². The number of H-pyrrole nitrogens is 1. The van der Waals surface area contributed by atoms with E-state index in [1.54, 1.807) is 13.3 Å². The van der Waals surface area contributed by atoms with Crippen molar-refractivity contribution in [3.8, 4) is 5.75 Å². The molecule has 2 heterocycles. The molecule has 1 aromatic heterocycles. The van der Waals surface area contributed by atoms with Gasteiger partial charge in [-0.15, -0.1) is 0 Å². The zero-order chi connectivity index (χ0) is 17.5. The number of carbonyl (C=O) groups is 1. The zero-order valence-corrected chi connectivity index (χ0v) is 14.9. The predicted octanol–water partition coefficient (Wildman–Crippen LogP) is 3.22. The van der Waals surface area contributed by atoms with E-state index in [-0.39, 0.29) is 5.91 Å². The topological polar surface area (TPSA) is 58.2 Å². The van der Waals surface area contributed by atoms with E-state index >= 15 is 0 Å². The number of nitrogens with one attached hydrogen (secondary N) is 1.